The zero-order valence-corrected chi connectivity index (χ0v) is 11.8. The van der Waals surface area contributed by atoms with Gasteiger partial charge in [-0.3, -0.25) is 9.59 Å². The van der Waals surface area contributed by atoms with Crippen LogP contribution in [0.3, 0.4) is 0 Å². The molecule has 5 nitrogen and oxygen atoms in total. The summed E-state index contributed by atoms with van der Waals surface area (Å²) >= 11 is 1.56. The molecule has 2 heterocycles. The molecular weight excluding hydrogens is 288 g/mol. The summed E-state index contributed by atoms with van der Waals surface area (Å²) in [7, 11) is 0. The average molecular weight is 300 g/mol. The third-order valence-electron chi connectivity index (χ3n) is 2.82. The van der Waals surface area contributed by atoms with E-state index in [1.165, 1.54) is 6.08 Å². The molecule has 3 rings (SSSR count). The van der Waals surface area contributed by atoms with Gasteiger partial charge in [-0.15, -0.1) is 11.3 Å². The van der Waals surface area contributed by atoms with E-state index in [1.54, 1.807) is 35.6 Å². The van der Waals surface area contributed by atoms with Crippen LogP contribution in [-0.2, 0) is 9.59 Å². The lowest BCUT2D eigenvalue weighted by Crippen LogP contribution is -2.25. The van der Waals surface area contributed by atoms with E-state index in [4.69, 9.17) is 4.74 Å². The van der Waals surface area contributed by atoms with Gasteiger partial charge in [0, 0.05) is 16.6 Å². The van der Waals surface area contributed by atoms with Gasteiger partial charge in [-0.05, 0) is 35.7 Å². The third kappa shape index (κ3) is 3.29. The van der Waals surface area contributed by atoms with Crippen LogP contribution in [0, 0.1) is 0 Å². The zero-order chi connectivity index (χ0) is 14.7. The first kappa shape index (κ1) is 13.4. The summed E-state index contributed by atoms with van der Waals surface area (Å²) in [6.45, 7) is 0.0161. The van der Waals surface area contributed by atoms with E-state index in [0.717, 1.165) is 4.88 Å². The topological polar surface area (TPSA) is 67.4 Å². The Labute approximate surface area is 125 Å². The van der Waals surface area contributed by atoms with Crippen LogP contribution in [0.1, 0.15) is 4.88 Å². The number of ether oxygens (including phenoxy) is 1. The molecule has 1 aliphatic rings. The second kappa shape index (κ2) is 5.80. The van der Waals surface area contributed by atoms with Crippen molar-refractivity contribution >= 4 is 40.6 Å². The van der Waals surface area contributed by atoms with Crippen molar-refractivity contribution in [2.75, 3.05) is 17.2 Å². The number of fused-ring (bicyclic) bond motifs is 1. The molecular formula is C15H12N2O3S. The lowest BCUT2D eigenvalue weighted by atomic mass is 10.2. The van der Waals surface area contributed by atoms with E-state index in [2.05, 4.69) is 10.6 Å². The first-order valence-corrected chi connectivity index (χ1v) is 7.18. The predicted octanol–water partition coefficient (Wildman–Crippen LogP) is 2.73. The molecule has 0 atom stereocenters. The van der Waals surface area contributed by atoms with Gasteiger partial charge in [0.05, 0.1) is 5.69 Å². The number of benzene rings is 1. The van der Waals surface area contributed by atoms with E-state index >= 15 is 0 Å². The van der Waals surface area contributed by atoms with Crippen molar-refractivity contribution in [3.63, 3.8) is 0 Å². The fourth-order valence-electron chi connectivity index (χ4n) is 1.89. The maximum absolute atomic E-state index is 11.8. The van der Waals surface area contributed by atoms with Gasteiger partial charge in [0.1, 0.15) is 5.75 Å². The van der Waals surface area contributed by atoms with Gasteiger partial charge in [-0.25, -0.2) is 0 Å². The third-order valence-corrected chi connectivity index (χ3v) is 3.66. The summed E-state index contributed by atoms with van der Waals surface area (Å²) in [6.07, 6.45) is 3.23. The molecule has 0 fully saturated rings. The van der Waals surface area contributed by atoms with Crippen molar-refractivity contribution in [1.82, 2.24) is 0 Å². The molecule has 0 saturated carbocycles. The minimum atomic E-state index is -0.230. The molecule has 0 spiro atoms. The summed E-state index contributed by atoms with van der Waals surface area (Å²) < 4.78 is 5.25. The van der Waals surface area contributed by atoms with E-state index in [0.29, 0.717) is 17.1 Å². The van der Waals surface area contributed by atoms with Gasteiger partial charge in [0.2, 0.25) is 5.91 Å². The van der Waals surface area contributed by atoms with Crippen molar-refractivity contribution in [2.24, 2.45) is 0 Å². The van der Waals surface area contributed by atoms with Gasteiger partial charge in [-0.2, -0.15) is 0 Å². The Balaban J connectivity index is 1.69. The Kier molecular flexibility index (Phi) is 3.70. The summed E-state index contributed by atoms with van der Waals surface area (Å²) in [4.78, 5) is 24.1. The van der Waals surface area contributed by atoms with Crippen LogP contribution in [0.15, 0.2) is 41.8 Å². The van der Waals surface area contributed by atoms with Crippen LogP contribution >= 0.6 is 11.3 Å². The first-order chi connectivity index (χ1) is 10.2. The number of nitrogens with one attached hydrogen (secondary N) is 2. The molecule has 1 aromatic carbocycles. The molecule has 21 heavy (non-hydrogen) atoms. The number of hydrogen-bond acceptors (Lipinski definition) is 4. The Morgan fingerprint density at radius 1 is 1.38 bits per heavy atom. The van der Waals surface area contributed by atoms with E-state index < -0.39 is 0 Å². The molecule has 0 unspecified atom stereocenters. The fourth-order valence-corrected chi connectivity index (χ4v) is 2.51. The van der Waals surface area contributed by atoms with Crippen molar-refractivity contribution in [3.05, 3.63) is 46.7 Å². The zero-order valence-electron chi connectivity index (χ0n) is 11.0. The molecule has 1 aromatic heterocycles. The summed E-state index contributed by atoms with van der Waals surface area (Å²) in [5.74, 6) is 0.164. The lowest BCUT2D eigenvalue weighted by Gasteiger charge is -2.18. The standard InChI is InChI=1S/C15H12N2O3S/c18-14(6-4-11-2-1-7-21-11)16-10-3-5-13-12(8-10)17-15(19)9-20-13/h1-8H,9H2,(H,16,18)(H,17,19)/b6-4+. The van der Waals surface area contributed by atoms with Crippen LogP contribution < -0.4 is 15.4 Å². The van der Waals surface area contributed by atoms with Crippen molar-refractivity contribution < 1.29 is 14.3 Å². The number of carbonyl (C=O) groups excluding carboxylic acids is 2. The normalized spacial score (nSPS) is 13.4. The van der Waals surface area contributed by atoms with Gasteiger partial charge in [0.25, 0.3) is 5.91 Å². The van der Waals surface area contributed by atoms with Crippen LogP contribution in [0.4, 0.5) is 11.4 Å². The van der Waals surface area contributed by atoms with Gasteiger partial charge in [0.15, 0.2) is 6.61 Å². The maximum atomic E-state index is 11.8. The molecule has 0 bridgehead atoms. The van der Waals surface area contributed by atoms with Crippen molar-refractivity contribution in [2.45, 2.75) is 0 Å². The molecule has 1 aliphatic heterocycles. The minimum Gasteiger partial charge on any atom is -0.482 e. The Hall–Kier alpha value is -2.60. The largest absolute Gasteiger partial charge is 0.482 e. The minimum absolute atomic E-state index is 0.0161. The van der Waals surface area contributed by atoms with Crippen LogP contribution in [0.2, 0.25) is 0 Å². The number of anilines is 2. The van der Waals surface area contributed by atoms with Crippen LogP contribution in [-0.4, -0.2) is 18.4 Å². The summed E-state index contributed by atoms with van der Waals surface area (Å²) in [6, 6.07) is 8.97. The fraction of sp³-hybridized carbons (Fsp3) is 0.0667. The monoisotopic (exact) mass is 300 g/mol. The molecule has 2 amide bonds. The lowest BCUT2D eigenvalue weighted by molar-refractivity contribution is -0.118. The Morgan fingerprint density at radius 3 is 3.10 bits per heavy atom. The smallest absolute Gasteiger partial charge is 0.262 e. The highest BCUT2D eigenvalue weighted by molar-refractivity contribution is 7.10. The molecule has 106 valence electrons. The molecule has 0 radical (unpaired) electrons. The average Bonchev–Trinajstić information content (AvgIpc) is 2.98. The number of thiophene rings is 1. The summed E-state index contributed by atoms with van der Waals surface area (Å²) in [5.41, 5.74) is 1.16. The SMILES string of the molecule is O=C(/C=C/c1cccs1)Nc1ccc2c(c1)NC(=O)CO2. The second-order valence-corrected chi connectivity index (χ2v) is 5.37. The first-order valence-electron chi connectivity index (χ1n) is 6.30. The highest BCUT2D eigenvalue weighted by Gasteiger charge is 2.16. The molecule has 0 aliphatic carbocycles. The van der Waals surface area contributed by atoms with E-state index in [9.17, 15) is 9.59 Å². The van der Waals surface area contributed by atoms with Gasteiger partial charge >= 0.3 is 0 Å². The van der Waals surface area contributed by atoms with Gasteiger partial charge < -0.3 is 15.4 Å². The highest BCUT2D eigenvalue weighted by Crippen LogP contribution is 2.30. The van der Waals surface area contributed by atoms with Crippen LogP contribution in [0.25, 0.3) is 6.08 Å². The molecule has 2 N–H and O–H groups in total. The Morgan fingerprint density at radius 2 is 2.29 bits per heavy atom. The van der Waals surface area contributed by atoms with Crippen LogP contribution in [0.5, 0.6) is 5.75 Å². The van der Waals surface area contributed by atoms with E-state index in [-0.39, 0.29) is 18.4 Å². The van der Waals surface area contributed by atoms with Crippen molar-refractivity contribution in [1.29, 1.82) is 0 Å². The predicted molar refractivity (Wildman–Crippen MR) is 82.5 cm³/mol. The molecule has 0 saturated heterocycles. The van der Waals surface area contributed by atoms with Gasteiger partial charge in [-0.1, -0.05) is 6.07 Å². The number of amides is 2. The molecule has 6 heteroatoms. The number of hydrogen-bond donors (Lipinski definition) is 2. The highest BCUT2D eigenvalue weighted by atomic mass is 32.1. The van der Waals surface area contributed by atoms with E-state index in [1.807, 2.05) is 17.5 Å². The van der Waals surface area contributed by atoms with Crippen molar-refractivity contribution in [3.8, 4) is 5.75 Å². The number of carbonyl (C=O) groups is 2. The quantitative estimate of drug-likeness (QED) is 0.856. The molecule has 2 aromatic rings. The second-order valence-electron chi connectivity index (χ2n) is 4.39. The Bertz CT molecular complexity index is 708. The number of rotatable bonds is 3. The maximum Gasteiger partial charge on any atom is 0.262 e. The summed E-state index contributed by atoms with van der Waals surface area (Å²) in [5, 5.41) is 7.39.